The molecular formula is C22H27ClFN3O3. The molecule has 1 aliphatic rings. The predicted molar refractivity (Wildman–Crippen MR) is 115 cm³/mol. The van der Waals surface area contributed by atoms with Gasteiger partial charge in [0.05, 0.1) is 5.69 Å². The number of carbonyl (C=O) groups is 1. The second-order valence-corrected chi connectivity index (χ2v) is 7.98. The summed E-state index contributed by atoms with van der Waals surface area (Å²) >= 11 is 5.93. The molecule has 1 saturated heterocycles. The molecule has 0 saturated carbocycles. The number of aliphatic hydroxyl groups excluding tert-OH is 1. The van der Waals surface area contributed by atoms with Crippen LogP contribution in [0.25, 0.3) is 0 Å². The summed E-state index contributed by atoms with van der Waals surface area (Å²) in [6, 6.07) is 12.0. The van der Waals surface area contributed by atoms with Gasteiger partial charge in [0.2, 0.25) is 5.91 Å². The first-order valence-corrected chi connectivity index (χ1v) is 10.3. The maximum absolute atomic E-state index is 13.5. The fourth-order valence-electron chi connectivity index (χ4n) is 3.45. The van der Waals surface area contributed by atoms with Gasteiger partial charge in [0.1, 0.15) is 24.3 Å². The van der Waals surface area contributed by atoms with Gasteiger partial charge in [0.15, 0.2) is 0 Å². The molecule has 1 amide bonds. The number of rotatable bonds is 9. The molecule has 0 spiro atoms. The van der Waals surface area contributed by atoms with Crippen molar-refractivity contribution in [3.63, 3.8) is 0 Å². The first kappa shape index (κ1) is 22.5. The number of nitrogens with zero attached hydrogens (tertiary/aromatic N) is 1. The lowest BCUT2D eigenvalue weighted by atomic mass is 10.2. The van der Waals surface area contributed by atoms with Crippen LogP contribution in [0.3, 0.4) is 0 Å². The summed E-state index contributed by atoms with van der Waals surface area (Å²) in [4.78, 5) is 13.6. The third-order valence-electron chi connectivity index (χ3n) is 4.92. The summed E-state index contributed by atoms with van der Waals surface area (Å²) in [7, 11) is 0. The zero-order chi connectivity index (χ0) is 21.5. The molecule has 8 heteroatoms. The topological polar surface area (TPSA) is 73.8 Å². The van der Waals surface area contributed by atoms with Crippen molar-refractivity contribution in [3.8, 4) is 5.75 Å². The molecule has 2 aromatic rings. The van der Waals surface area contributed by atoms with Gasteiger partial charge in [0, 0.05) is 50.2 Å². The summed E-state index contributed by atoms with van der Waals surface area (Å²) in [5.41, 5.74) is 1.59. The SMILES string of the molecule is CC(=O)Nc1ccc(F)cc1OC[C@H](O)CN[C@H]1CCN(Cc2ccc(Cl)cc2)C1. The van der Waals surface area contributed by atoms with Crippen molar-refractivity contribution in [1.82, 2.24) is 10.2 Å². The maximum atomic E-state index is 13.5. The Morgan fingerprint density at radius 3 is 2.83 bits per heavy atom. The van der Waals surface area contributed by atoms with Gasteiger partial charge in [-0.25, -0.2) is 4.39 Å². The van der Waals surface area contributed by atoms with E-state index in [1.807, 2.05) is 24.3 Å². The number of amides is 1. The van der Waals surface area contributed by atoms with Gasteiger partial charge in [-0.3, -0.25) is 9.69 Å². The smallest absolute Gasteiger partial charge is 0.221 e. The molecule has 0 unspecified atom stereocenters. The highest BCUT2D eigenvalue weighted by Crippen LogP contribution is 2.25. The van der Waals surface area contributed by atoms with Crippen LogP contribution in [0.2, 0.25) is 5.02 Å². The van der Waals surface area contributed by atoms with E-state index in [2.05, 4.69) is 15.5 Å². The van der Waals surface area contributed by atoms with Crippen LogP contribution in [0.1, 0.15) is 18.9 Å². The minimum absolute atomic E-state index is 0.00968. The van der Waals surface area contributed by atoms with Crippen LogP contribution in [-0.4, -0.2) is 54.3 Å². The summed E-state index contributed by atoms with van der Waals surface area (Å²) in [5.74, 6) is -0.559. The Labute approximate surface area is 181 Å². The van der Waals surface area contributed by atoms with Crippen LogP contribution < -0.4 is 15.4 Å². The Bertz CT molecular complexity index is 850. The van der Waals surface area contributed by atoms with Gasteiger partial charge in [-0.15, -0.1) is 0 Å². The van der Waals surface area contributed by atoms with Crippen molar-refractivity contribution in [3.05, 3.63) is 58.9 Å². The highest BCUT2D eigenvalue weighted by atomic mass is 35.5. The zero-order valence-electron chi connectivity index (χ0n) is 16.9. The second kappa shape index (κ2) is 10.7. The van der Waals surface area contributed by atoms with Gasteiger partial charge < -0.3 is 20.5 Å². The summed E-state index contributed by atoms with van der Waals surface area (Å²) < 4.78 is 19.0. The number of hydrogen-bond acceptors (Lipinski definition) is 5. The Morgan fingerprint density at radius 2 is 2.10 bits per heavy atom. The van der Waals surface area contributed by atoms with Crippen LogP contribution >= 0.6 is 11.6 Å². The van der Waals surface area contributed by atoms with Crippen molar-refractivity contribution in [2.45, 2.75) is 32.0 Å². The molecule has 1 aliphatic heterocycles. The van der Waals surface area contributed by atoms with E-state index in [9.17, 15) is 14.3 Å². The minimum atomic E-state index is -0.760. The van der Waals surface area contributed by atoms with Gasteiger partial charge in [-0.05, 0) is 36.2 Å². The van der Waals surface area contributed by atoms with Crippen molar-refractivity contribution < 1.29 is 19.0 Å². The molecule has 6 nitrogen and oxygen atoms in total. The van der Waals surface area contributed by atoms with Crippen molar-refractivity contribution >= 4 is 23.2 Å². The predicted octanol–water partition coefficient (Wildman–Crippen LogP) is 3.04. The van der Waals surface area contributed by atoms with Crippen molar-refractivity contribution in [2.24, 2.45) is 0 Å². The maximum Gasteiger partial charge on any atom is 0.221 e. The lowest BCUT2D eigenvalue weighted by molar-refractivity contribution is -0.114. The number of benzene rings is 2. The van der Waals surface area contributed by atoms with E-state index < -0.39 is 11.9 Å². The van der Waals surface area contributed by atoms with Crippen LogP contribution in [0, 0.1) is 5.82 Å². The summed E-state index contributed by atoms with van der Waals surface area (Å²) in [6.45, 7) is 4.47. The Balaban J connectivity index is 1.41. The number of halogens is 2. The van der Waals surface area contributed by atoms with E-state index in [0.717, 1.165) is 31.1 Å². The van der Waals surface area contributed by atoms with Crippen LogP contribution in [-0.2, 0) is 11.3 Å². The number of ether oxygens (including phenoxy) is 1. The molecule has 2 atom stereocenters. The van der Waals surface area contributed by atoms with E-state index in [1.54, 1.807) is 0 Å². The fourth-order valence-corrected chi connectivity index (χ4v) is 3.57. The highest BCUT2D eigenvalue weighted by molar-refractivity contribution is 6.30. The molecule has 1 fully saturated rings. The number of nitrogens with one attached hydrogen (secondary N) is 2. The Morgan fingerprint density at radius 1 is 1.33 bits per heavy atom. The first-order chi connectivity index (χ1) is 14.4. The molecule has 0 bridgehead atoms. The van der Waals surface area contributed by atoms with Crippen molar-refractivity contribution in [1.29, 1.82) is 0 Å². The monoisotopic (exact) mass is 435 g/mol. The standard InChI is InChI=1S/C22H27ClFN3O3/c1-15(28)26-21-7-6-18(24)10-22(21)30-14-20(29)11-25-19-8-9-27(13-19)12-16-2-4-17(23)5-3-16/h2-7,10,19-20,25,29H,8-9,11-14H2,1H3,(H,26,28)/t19-,20+/m0/s1. The minimum Gasteiger partial charge on any atom is -0.489 e. The molecular weight excluding hydrogens is 409 g/mol. The highest BCUT2D eigenvalue weighted by Gasteiger charge is 2.23. The molecule has 162 valence electrons. The largest absolute Gasteiger partial charge is 0.489 e. The zero-order valence-corrected chi connectivity index (χ0v) is 17.7. The van der Waals surface area contributed by atoms with E-state index in [-0.39, 0.29) is 24.3 Å². The quantitative estimate of drug-likeness (QED) is 0.564. The molecule has 0 aromatic heterocycles. The van der Waals surface area contributed by atoms with Gasteiger partial charge in [-0.2, -0.15) is 0 Å². The fraction of sp³-hybridized carbons (Fsp3) is 0.409. The first-order valence-electron chi connectivity index (χ1n) is 9.97. The van der Waals surface area contributed by atoms with E-state index in [4.69, 9.17) is 16.3 Å². The normalized spacial score (nSPS) is 17.7. The summed E-state index contributed by atoms with van der Waals surface area (Å²) in [6.07, 6.45) is 0.237. The van der Waals surface area contributed by atoms with Gasteiger partial charge >= 0.3 is 0 Å². The van der Waals surface area contributed by atoms with Gasteiger partial charge in [0.25, 0.3) is 0 Å². The molecule has 30 heavy (non-hydrogen) atoms. The third kappa shape index (κ3) is 6.95. The number of carbonyl (C=O) groups excluding carboxylic acids is 1. The molecule has 0 radical (unpaired) electrons. The molecule has 0 aliphatic carbocycles. The lowest BCUT2D eigenvalue weighted by Gasteiger charge is -2.19. The van der Waals surface area contributed by atoms with Crippen LogP contribution in [0.5, 0.6) is 5.75 Å². The molecule has 1 heterocycles. The third-order valence-corrected chi connectivity index (χ3v) is 5.17. The van der Waals surface area contributed by atoms with Crippen molar-refractivity contribution in [2.75, 3.05) is 31.6 Å². The number of likely N-dealkylation sites (tertiary alicyclic amines) is 1. The molecule has 2 aromatic carbocycles. The summed E-state index contributed by atoms with van der Waals surface area (Å²) in [5, 5.41) is 16.9. The van der Waals surface area contributed by atoms with E-state index in [0.29, 0.717) is 12.2 Å². The lowest BCUT2D eigenvalue weighted by Crippen LogP contribution is -2.39. The molecule has 3 N–H and O–H groups in total. The second-order valence-electron chi connectivity index (χ2n) is 7.54. The Hall–Kier alpha value is -2.19. The average Bonchev–Trinajstić information content (AvgIpc) is 3.15. The van der Waals surface area contributed by atoms with E-state index in [1.165, 1.54) is 30.7 Å². The van der Waals surface area contributed by atoms with E-state index >= 15 is 0 Å². The number of anilines is 1. The number of aliphatic hydroxyl groups is 1. The van der Waals surface area contributed by atoms with Crippen LogP contribution in [0.4, 0.5) is 10.1 Å². The van der Waals surface area contributed by atoms with Crippen LogP contribution in [0.15, 0.2) is 42.5 Å². The Kier molecular flexibility index (Phi) is 8.04. The van der Waals surface area contributed by atoms with Gasteiger partial charge in [-0.1, -0.05) is 23.7 Å². The molecule has 3 rings (SSSR count). The average molecular weight is 436 g/mol. The number of hydrogen-bond donors (Lipinski definition) is 3.